The van der Waals surface area contributed by atoms with Gasteiger partial charge in [0.2, 0.25) is 0 Å². The van der Waals surface area contributed by atoms with E-state index in [9.17, 15) is 9.90 Å². The van der Waals surface area contributed by atoms with Crippen LogP contribution in [-0.4, -0.2) is 39.3 Å². The number of H-pyrrole nitrogens is 1. The molecule has 1 aliphatic heterocycles. The van der Waals surface area contributed by atoms with Gasteiger partial charge in [-0.1, -0.05) is 55.5 Å². The van der Waals surface area contributed by atoms with Gasteiger partial charge in [-0.05, 0) is 61.4 Å². The second kappa shape index (κ2) is 9.61. The quantitative estimate of drug-likeness (QED) is 0.504. The Morgan fingerprint density at radius 3 is 2.88 bits per heavy atom. The number of carbonyl (C=O) groups excluding carboxylic acids is 1. The summed E-state index contributed by atoms with van der Waals surface area (Å²) in [6, 6.07) is 16.2. The van der Waals surface area contributed by atoms with Crippen LogP contribution < -0.4 is 0 Å². The summed E-state index contributed by atoms with van der Waals surface area (Å²) in [5.41, 5.74) is 3.52. The highest BCUT2D eigenvalue weighted by molar-refractivity contribution is 5.85. The number of benzene rings is 2. The molecule has 2 atom stereocenters. The van der Waals surface area contributed by atoms with Crippen LogP contribution in [0, 0.1) is 0 Å². The molecule has 1 aliphatic rings. The number of hydrogen-bond acceptors (Lipinski definition) is 3. The van der Waals surface area contributed by atoms with Gasteiger partial charge in [0, 0.05) is 29.7 Å². The number of rotatable bonds is 7. The zero-order valence-electron chi connectivity index (χ0n) is 18.9. The third kappa shape index (κ3) is 5.22. The highest BCUT2D eigenvalue weighted by Crippen LogP contribution is 2.27. The first-order chi connectivity index (χ1) is 15.4. The number of aliphatic hydroxyl groups is 1. The molecule has 1 fully saturated rings. The van der Waals surface area contributed by atoms with Crippen molar-refractivity contribution in [1.82, 2.24) is 9.88 Å². The Morgan fingerprint density at radius 2 is 2.09 bits per heavy atom. The molecule has 1 amide bonds. The minimum Gasteiger partial charge on any atom is -0.445 e. The maximum absolute atomic E-state index is 12.7. The van der Waals surface area contributed by atoms with Gasteiger partial charge in [0.25, 0.3) is 0 Å². The molecule has 0 radical (unpaired) electrons. The summed E-state index contributed by atoms with van der Waals surface area (Å²) < 4.78 is 5.59. The van der Waals surface area contributed by atoms with E-state index in [1.165, 1.54) is 5.56 Å². The molecule has 168 valence electrons. The number of carbonyl (C=O) groups is 1. The highest BCUT2D eigenvalue weighted by Gasteiger charge is 2.30. The smallest absolute Gasteiger partial charge is 0.410 e. The largest absolute Gasteiger partial charge is 0.445 e. The first kappa shape index (κ1) is 22.2. The number of aromatic nitrogens is 1. The van der Waals surface area contributed by atoms with Crippen LogP contribution in [0.15, 0.2) is 60.8 Å². The van der Waals surface area contributed by atoms with Crippen LogP contribution in [0.4, 0.5) is 4.79 Å². The molecule has 0 spiro atoms. The van der Waals surface area contributed by atoms with Gasteiger partial charge in [-0.15, -0.1) is 0 Å². The summed E-state index contributed by atoms with van der Waals surface area (Å²) in [6.45, 7) is 4.82. The van der Waals surface area contributed by atoms with Crippen LogP contribution in [0.2, 0.25) is 0 Å². The maximum Gasteiger partial charge on any atom is 0.410 e. The van der Waals surface area contributed by atoms with Gasteiger partial charge in [0.05, 0.1) is 5.60 Å². The first-order valence-electron chi connectivity index (χ1n) is 11.4. The van der Waals surface area contributed by atoms with Gasteiger partial charge in [-0.2, -0.15) is 0 Å². The standard InChI is InChI=1S/C27H32N2O3/c1-3-27(2,31)14-13-20-11-12-25-24(16-20)22(18-28-25)17-23-10-7-15-29(23)26(30)32-19-21-8-5-4-6-9-21/h4-6,8-9,11-14,16,18,23,28,31H,3,7,10,15,17,19H2,1-2H3/t23-,27?/m1/s1. The highest BCUT2D eigenvalue weighted by atomic mass is 16.6. The van der Waals surface area contributed by atoms with Gasteiger partial charge < -0.3 is 19.7 Å². The third-order valence-corrected chi connectivity index (χ3v) is 6.41. The summed E-state index contributed by atoms with van der Waals surface area (Å²) in [7, 11) is 0. The average molecular weight is 433 g/mol. The predicted octanol–water partition coefficient (Wildman–Crippen LogP) is 5.69. The summed E-state index contributed by atoms with van der Waals surface area (Å²) in [4.78, 5) is 18.0. The van der Waals surface area contributed by atoms with Crippen molar-refractivity contribution in [1.29, 1.82) is 0 Å². The van der Waals surface area contributed by atoms with E-state index in [2.05, 4.69) is 17.1 Å². The van der Waals surface area contributed by atoms with Gasteiger partial charge in [-0.3, -0.25) is 0 Å². The lowest BCUT2D eigenvalue weighted by Gasteiger charge is -2.24. The summed E-state index contributed by atoms with van der Waals surface area (Å²) in [6.07, 6.45) is 9.07. The molecule has 2 N–H and O–H groups in total. The SMILES string of the molecule is CCC(C)(O)C=Cc1ccc2[nH]cc(C[C@H]3CCCN3C(=O)OCc3ccccc3)c2c1. The molecule has 1 saturated heterocycles. The molecule has 1 aromatic heterocycles. The van der Waals surface area contributed by atoms with Gasteiger partial charge in [0.15, 0.2) is 0 Å². The molecule has 5 nitrogen and oxygen atoms in total. The second-order valence-electron chi connectivity index (χ2n) is 8.90. The van der Waals surface area contributed by atoms with E-state index in [1.54, 1.807) is 0 Å². The minimum atomic E-state index is -0.805. The fourth-order valence-corrected chi connectivity index (χ4v) is 4.21. The Balaban J connectivity index is 1.46. The lowest BCUT2D eigenvalue weighted by molar-refractivity contribution is 0.0921. The molecule has 2 aromatic carbocycles. The molecular formula is C27H32N2O3. The topological polar surface area (TPSA) is 65.6 Å². The number of aromatic amines is 1. The van der Waals surface area contributed by atoms with Crippen LogP contribution in [0.5, 0.6) is 0 Å². The lowest BCUT2D eigenvalue weighted by atomic mass is 9.99. The molecule has 0 saturated carbocycles. The Morgan fingerprint density at radius 1 is 1.28 bits per heavy atom. The fraction of sp³-hybridized carbons (Fsp3) is 0.370. The van der Waals surface area contributed by atoms with Gasteiger partial charge in [-0.25, -0.2) is 4.79 Å². The molecule has 0 aliphatic carbocycles. The van der Waals surface area contributed by atoms with Crippen LogP contribution in [-0.2, 0) is 17.8 Å². The fourth-order valence-electron chi connectivity index (χ4n) is 4.21. The summed E-state index contributed by atoms with van der Waals surface area (Å²) in [5.74, 6) is 0. The molecule has 1 unspecified atom stereocenters. The molecular weight excluding hydrogens is 400 g/mol. The third-order valence-electron chi connectivity index (χ3n) is 6.41. The number of fused-ring (bicyclic) bond motifs is 1. The van der Waals surface area contributed by atoms with Crippen LogP contribution in [0.1, 0.15) is 49.8 Å². The lowest BCUT2D eigenvalue weighted by Crippen LogP contribution is -2.37. The van der Waals surface area contributed by atoms with Crippen molar-refractivity contribution in [3.05, 3.63) is 77.5 Å². The molecule has 4 rings (SSSR count). The van der Waals surface area contributed by atoms with Crippen LogP contribution in [0.25, 0.3) is 17.0 Å². The average Bonchev–Trinajstić information content (AvgIpc) is 3.44. The minimum absolute atomic E-state index is 0.136. The van der Waals surface area contributed by atoms with E-state index in [0.29, 0.717) is 13.0 Å². The van der Waals surface area contributed by atoms with Crippen LogP contribution in [0.3, 0.4) is 0 Å². The number of nitrogens with zero attached hydrogens (tertiary/aromatic N) is 1. The number of likely N-dealkylation sites (tertiary alicyclic amines) is 1. The number of nitrogens with one attached hydrogen (secondary N) is 1. The van der Waals surface area contributed by atoms with Crippen molar-refractivity contribution >= 4 is 23.1 Å². The molecule has 2 heterocycles. The Bertz CT molecular complexity index is 1080. The second-order valence-corrected chi connectivity index (χ2v) is 8.90. The van der Waals surface area contributed by atoms with E-state index in [-0.39, 0.29) is 12.1 Å². The van der Waals surface area contributed by atoms with Crippen molar-refractivity contribution < 1.29 is 14.6 Å². The van der Waals surface area contributed by atoms with Crippen molar-refractivity contribution in [3.63, 3.8) is 0 Å². The predicted molar refractivity (Wildman–Crippen MR) is 128 cm³/mol. The number of hydrogen-bond donors (Lipinski definition) is 2. The van der Waals surface area contributed by atoms with Crippen molar-refractivity contribution in [2.24, 2.45) is 0 Å². The maximum atomic E-state index is 12.7. The Hall–Kier alpha value is -3.05. The van der Waals surface area contributed by atoms with E-state index < -0.39 is 5.60 Å². The molecule has 32 heavy (non-hydrogen) atoms. The van der Waals surface area contributed by atoms with E-state index in [4.69, 9.17) is 4.74 Å². The van der Waals surface area contributed by atoms with Crippen molar-refractivity contribution in [2.45, 2.75) is 57.8 Å². The normalized spacial score (nSPS) is 18.3. The van der Waals surface area contributed by atoms with Gasteiger partial charge in [0.1, 0.15) is 6.61 Å². The Labute approximate surface area is 189 Å². The molecule has 0 bridgehead atoms. The summed E-state index contributed by atoms with van der Waals surface area (Å²) in [5, 5.41) is 11.4. The summed E-state index contributed by atoms with van der Waals surface area (Å²) >= 11 is 0. The number of amides is 1. The first-order valence-corrected chi connectivity index (χ1v) is 11.4. The zero-order valence-corrected chi connectivity index (χ0v) is 18.9. The van der Waals surface area contributed by atoms with Crippen molar-refractivity contribution in [3.8, 4) is 0 Å². The number of ether oxygens (including phenoxy) is 1. The van der Waals surface area contributed by atoms with Crippen LogP contribution >= 0.6 is 0 Å². The van der Waals surface area contributed by atoms with Gasteiger partial charge >= 0.3 is 6.09 Å². The van der Waals surface area contributed by atoms with E-state index in [0.717, 1.165) is 47.8 Å². The van der Waals surface area contributed by atoms with Crippen molar-refractivity contribution in [2.75, 3.05) is 6.54 Å². The molecule has 5 heteroatoms. The van der Waals surface area contributed by atoms with E-state index >= 15 is 0 Å². The Kier molecular flexibility index (Phi) is 6.66. The molecule has 3 aromatic rings. The monoisotopic (exact) mass is 432 g/mol. The van der Waals surface area contributed by atoms with E-state index in [1.807, 2.05) is 73.5 Å². The zero-order chi connectivity index (χ0) is 22.6.